The summed E-state index contributed by atoms with van der Waals surface area (Å²) in [6.07, 6.45) is 1.59. The lowest BCUT2D eigenvalue weighted by Crippen LogP contribution is -2.23. The molecular weight excluding hydrogens is 310 g/mol. The molecule has 0 spiro atoms. The molecule has 0 bridgehead atoms. The van der Waals surface area contributed by atoms with Crippen LogP contribution in [0.4, 0.5) is 0 Å². The summed E-state index contributed by atoms with van der Waals surface area (Å²) in [5.41, 5.74) is 1.26. The molecule has 0 aliphatic rings. The Labute approximate surface area is 119 Å². The van der Waals surface area contributed by atoms with Gasteiger partial charge in [0.1, 0.15) is 5.75 Å². The molecule has 0 unspecified atom stereocenters. The van der Waals surface area contributed by atoms with Crippen LogP contribution in [0.3, 0.4) is 0 Å². The van der Waals surface area contributed by atoms with Crippen molar-refractivity contribution in [1.29, 1.82) is 0 Å². The molecule has 0 saturated heterocycles. The van der Waals surface area contributed by atoms with Gasteiger partial charge in [-0.25, -0.2) is 0 Å². The third-order valence-corrected chi connectivity index (χ3v) is 3.09. The normalized spacial score (nSPS) is 10.0. The molecule has 2 rings (SSSR count). The molecule has 19 heavy (non-hydrogen) atoms. The van der Waals surface area contributed by atoms with Gasteiger partial charge in [-0.2, -0.15) is 10.2 Å². The summed E-state index contributed by atoms with van der Waals surface area (Å²) in [6, 6.07) is 8.73. The van der Waals surface area contributed by atoms with Gasteiger partial charge in [-0.1, -0.05) is 0 Å². The fraction of sp³-hybridized carbons (Fsp3) is 0.154. The number of benzene rings is 1. The predicted molar refractivity (Wildman–Crippen MR) is 73.9 cm³/mol. The van der Waals surface area contributed by atoms with E-state index in [0.717, 1.165) is 4.47 Å². The maximum atomic E-state index is 11.9. The topological polar surface area (TPSA) is 64.1 Å². The minimum atomic E-state index is -0.172. The first-order chi connectivity index (χ1) is 9.20. The van der Waals surface area contributed by atoms with Crippen molar-refractivity contribution in [2.45, 2.75) is 6.54 Å². The molecule has 1 aromatic carbocycles. The van der Waals surface area contributed by atoms with Crippen LogP contribution in [0.2, 0.25) is 0 Å². The van der Waals surface area contributed by atoms with Crippen molar-refractivity contribution in [3.63, 3.8) is 0 Å². The molecule has 6 heteroatoms. The highest BCUT2D eigenvalue weighted by Gasteiger charge is 2.08. The molecule has 98 valence electrons. The number of methoxy groups -OCH3 is 1. The van der Waals surface area contributed by atoms with Gasteiger partial charge in [0.2, 0.25) is 0 Å². The van der Waals surface area contributed by atoms with Crippen LogP contribution < -0.4 is 10.1 Å². The number of nitrogens with zero attached hydrogens (tertiary/aromatic N) is 2. The van der Waals surface area contributed by atoms with Crippen LogP contribution in [0, 0.1) is 0 Å². The van der Waals surface area contributed by atoms with E-state index in [1.54, 1.807) is 43.6 Å². The second-order valence-corrected chi connectivity index (χ2v) is 4.60. The molecule has 0 fully saturated rings. The van der Waals surface area contributed by atoms with Crippen LogP contribution in [0.1, 0.15) is 16.1 Å². The number of halogens is 1. The maximum absolute atomic E-state index is 11.9. The van der Waals surface area contributed by atoms with Crippen LogP contribution in [0.5, 0.6) is 5.75 Å². The van der Waals surface area contributed by atoms with Crippen molar-refractivity contribution in [1.82, 2.24) is 15.5 Å². The Morgan fingerprint density at radius 3 is 2.89 bits per heavy atom. The summed E-state index contributed by atoms with van der Waals surface area (Å²) in [5, 5.41) is 10.4. The quantitative estimate of drug-likeness (QED) is 0.937. The highest BCUT2D eigenvalue weighted by Crippen LogP contribution is 2.25. The van der Waals surface area contributed by atoms with Crippen LogP contribution in [-0.2, 0) is 6.54 Å². The fourth-order valence-corrected chi connectivity index (χ4v) is 2.05. The Hall–Kier alpha value is -1.95. The molecule has 5 nitrogen and oxygen atoms in total. The van der Waals surface area contributed by atoms with E-state index >= 15 is 0 Å². The highest BCUT2D eigenvalue weighted by molar-refractivity contribution is 9.10. The molecule has 1 amide bonds. The molecule has 0 saturated carbocycles. The molecule has 1 N–H and O–H groups in total. The zero-order valence-electron chi connectivity index (χ0n) is 10.3. The van der Waals surface area contributed by atoms with E-state index in [1.165, 1.54) is 0 Å². The monoisotopic (exact) mass is 321 g/mol. The number of hydrogen-bond donors (Lipinski definition) is 1. The van der Waals surface area contributed by atoms with Gasteiger partial charge in [-0.3, -0.25) is 4.79 Å². The molecular formula is C13H12BrN3O2. The second-order valence-electron chi connectivity index (χ2n) is 3.75. The largest absolute Gasteiger partial charge is 0.496 e. The van der Waals surface area contributed by atoms with E-state index < -0.39 is 0 Å². The summed E-state index contributed by atoms with van der Waals surface area (Å²) >= 11 is 3.34. The first-order valence-corrected chi connectivity index (χ1v) is 6.38. The van der Waals surface area contributed by atoms with Gasteiger partial charge >= 0.3 is 0 Å². The average Bonchev–Trinajstić information content (AvgIpc) is 2.45. The SMILES string of the molecule is COc1ccc(C(=O)NCc2cccnn2)cc1Br. The Kier molecular flexibility index (Phi) is 4.46. The Morgan fingerprint density at radius 2 is 2.26 bits per heavy atom. The summed E-state index contributed by atoms with van der Waals surface area (Å²) in [7, 11) is 1.58. The third kappa shape index (κ3) is 3.51. The van der Waals surface area contributed by atoms with Gasteiger partial charge in [0.25, 0.3) is 5.91 Å². The number of ether oxygens (including phenoxy) is 1. The van der Waals surface area contributed by atoms with Crippen molar-refractivity contribution >= 4 is 21.8 Å². The van der Waals surface area contributed by atoms with Crippen molar-refractivity contribution in [3.8, 4) is 5.75 Å². The van der Waals surface area contributed by atoms with Crippen molar-refractivity contribution < 1.29 is 9.53 Å². The summed E-state index contributed by atoms with van der Waals surface area (Å²) in [5.74, 6) is 0.513. The number of rotatable bonds is 4. The lowest BCUT2D eigenvalue weighted by Gasteiger charge is -2.07. The fourth-order valence-electron chi connectivity index (χ4n) is 1.51. The zero-order valence-corrected chi connectivity index (χ0v) is 11.8. The first-order valence-electron chi connectivity index (χ1n) is 5.59. The Balaban J connectivity index is 2.02. The van der Waals surface area contributed by atoms with Gasteiger partial charge in [-0.15, -0.1) is 0 Å². The molecule has 0 atom stereocenters. The van der Waals surface area contributed by atoms with Gasteiger partial charge < -0.3 is 10.1 Å². The molecule has 1 aromatic heterocycles. The van der Waals surface area contributed by atoms with Crippen LogP contribution >= 0.6 is 15.9 Å². The first kappa shape index (κ1) is 13.5. The second kappa shape index (κ2) is 6.29. The van der Waals surface area contributed by atoms with Gasteiger partial charge in [0.15, 0.2) is 0 Å². The lowest BCUT2D eigenvalue weighted by atomic mass is 10.2. The molecule has 0 radical (unpaired) electrons. The summed E-state index contributed by atoms with van der Waals surface area (Å²) in [6.45, 7) is 0.344. The van der Waals surface area contributed by atoms with Gasteiger partial charge in [0.05, 0.1) is 23.8 Å². The number of carbonyl (C=O) groups is 1. The smallest absolute Gasteiger partial charge is 0.251 e. The van der Waals surface area contributed by atoms with E-state index in [2.05, 4.69) is 31.4 Å². The number of hydrogen-bond acceptors (Lipinski definition) is 4. The van der Waals surface area contributed by atoms with Crippen molar-refractivity contribution in [3.05, 3.63) is 52.3 Å². The van der Waals surface area contributed by atoms with Crippen LogP contribution in [0.25, 0.3) is 0 Å². The zero-order chi connectivity index (χ0) is 13.7. The van der Waals surface area contributed by atoms with E-state index in [4.69, 9.17) is 4.74 Å². The standard InChI is InChI=1S/C13H12BrN3O2/c1-19-12-5-4-9(7-11(12)14)13(18)15-8-10-3-2-6-16-17-10/h2-7H,8H2,1H3,(H,15,18). The molecule has 0 aliphatic heterocycles. The van der Waals surface area contributed by atoms with Gasteiger partial charge in [0, 0.05) is 11.8 Å². The van der Waals surface area contributed by atoms with E-state index in [9.17, 15) is 4.79 Å². The third-order valence-electron chi connectivity index (χ3n) is 2.47. The van der Waals surface area contributed by atoms with E-state index in [0.29, 0.717) is 23.6 Å². The highest BCUT2D eigenvalue weighted by atomic mass is 79.9. The van der Waals surface area contributed by atoms with Crippen molar-refractivity contribution in [2.24, 2.45) is 0 Å². The Bertz CT molecular complexity index is 575. The number of nitrogens with one attached hydrogen (secondary N) is 1. The van der Waals surface area contributed by atoms with E-state index in [1.807, 2.05) is 0 Å². The summed E-state index contributed by atoms with van der Waals surface area (Å²) in [4.78, 5) is 11.9. The number of aromatic nitrogens is 2. The number of amides is 1. The summed E-state index contributed by atoms with van der Waals surface area (Å²) < 4.78 is 5.85. The molecule has 1 heterocycles. The van der Waals surface area contributed by atoms with Crippen LogP contribution in [0.15, 0.2) is 41.0 Å². The Morgan fingerprint density at radius 1 is 1.42 bits per heavy atom. The maximum Gasteiger partial charge on any atom is 0.251 e. The lowest BCUT2D eigenvalue weighted by molar-refractivity contribution is 0.0950. The minimum Gasteiger partial charge on any atom is -0.496 e. The van der Waals surface area contributed by atoms with Crippen molar-refractivity contribution in [2.75, 3.05) is 7.11 Å². The number of carbonyl (C=O) groups excluding carboxylic acids is 1. The molecule has 2 aromatic rings. The van der Waals surface area contributed by atoms with Gasteiger partial charge in [-0.05, 0) is 46.3 Å². The van der Waals surface area contributed by atoms with E-state index in [-0.39, 0.29) is 5.91 Å². The molecule has 0 aliphatic carbocycles. The minimum absolute atomic E-state index is 0.172. The van der Waals surface area contributed by atoms with Crippen LogP contribution in [-0.4, -0.2) is 23.2 Å². The predicted octanol–water partition coefficient (Wildman–Crippen LogP) is 2.18. The average molecular weight is 322 g/mol.